The van der Waals surface area contributed by atoms with Crippen LogP contribution in [0.15, 0.2) is 30.5 Å². The van der Waals surface area contributed by atoms with Crippen LogP contribution in [0.2, 0.25) is 0 Å². The Bertz CT molecular complexity index is 806. The van der Waals surface area contributed by atoms with Crippen LogP contribution in [-0.4, -0.2) is 42.0 Å². The Balaban J connectivity index is 1.47. The van der Waals surface area contributed by atoms with Gasteiger partial charge < -0.3 is 19.3 Å². The topological polar surface area (TPSA) is 64.1 Å². The molecule has 1 fully saturated rings. The number of pyridine rings is 1. The Hall–Kier alpha value is -2.38. The van der Waals surface area contributed by atoms with Crippen molar-refractivity contribution in [2.45, 2.75) is 25.0 Å². The summed E-state index contributed by atoms with van der Waals surface area (Å²) >= 11 is 0. The quantitative estimate of drug-likeness (QED) is 0.845. The molecule has 1 aromatic carbocycles. The SMILES string of the molecule is COc1cc2c(cc1CN1CCC(O)(c3cccnc3F)CC1)OCO2. The molecule has 2 aliphatic rings. The summed E-state index contributed by atoms with van der Waals surface area (Å²) in [5.41, 5.74) is 0.100. The van der Waals surface area contributed by atoms with Crippen molar-refractivity contribution in [1.29, 1.82) is 0 Å². The fraction of sp³-hybridized carbons (Fsp3) is 0.421. The number of methoxy groups -OCH3 is 1. The maximum Gasteiger partial charge on any atom is 0.231 e. The van der Waals surface area contributed by atoms with E-state index in [1.807, 2.05) is 12.1 Å². The molecule has 1 saturated heterocycles. The van der Waals surface area contributed by atoms with Crippen LogP contribution in [-0.2, 0) is 12.1 Å². The molecule has 138 valence electrons. The minimum absolute atomic E-state index is 0.218. The van der Waals surface area contributed by atoms with E-state index in [-0.39, 0.29) is 12.4 Å². The van der Waals surface area contributed by atoms with Crippen LogP contribution in [0.1, 0.15) is 24.0 Å². The third-order valence-corrected chi connectivity index (χ3v) is 5.11. The highest BCUT2D eigenvalue weighted by atomic mass is 19.1. The normalized spacial score (nSPS) is 18.7. The van der Waals surface area contributed by atoms with E-state index >= 15 is 0 Å². The molecule has 0 radical (unpaired) electrons. The fourth-order valence-corrected chi connectivity index (χ4v) is 3.60. The Labute approximate surface area is 151 Å². The summed E-state index contributed by atoms with van der Waals surface area (Å²) in [6, 6.07) is 7.03. The zero-order chi connectivity index (χ0) is 18.1. The molecule has 0 amide bonds. The standard InChI is InChI=1S/C19H21FN2O4/c1-24-15-10-17-16(25-12-26-17)9-13(15)11-22-7-4-19(23,5-8-22)14-3-2-6-21-18(14)20/h2-3,6,9-10,23H,4-5,7-8,11-12H2,1H3. The smallest absolute Gasteiger partial charge is 0.231 e. The lowest BCUT2D eigenvalue weighted by atomic mass is 9.85. The van der Waals surface area contributed by atoms with Gasteiger partial charge in [-0.1, -0.05) is 6.07 Å². The van der Waals surface area contributed by atoms with Crippen molar-refractivity contribution in [3.63, 3.8) is 0 Å². The molecule has 0 unspecified atom stereocenters. The van der Waals surface area contributed by atoms with E-state index in [1.54, 1.807) is 19.2 Å². The molecule has 0 aliphatic carbocycles. The van der Waals surface area contributed by atoms with E-state index in [4.69, 9.17) is 14.2 Å². The van der Waals surface area contributed by atoms with Gasteiger partial charge in [0, 0.05) is 43.0 Å². The van der Waals surface area contributed by atoms with Crippen LogP contribution >= 0.6 is 0 Å². The predicted octanol–water partition coefficient (Wildman–Crippen LogP) is 2.44. The highest BCUT2D eigenvalue weighted by Gasteiger charge is 2.36. The summed E-state index contributed by atoms with van der Waals surface area (Å²) in [5.74, 6) is 1.55. The van der Waals surface area contributed by atoms with Gasteiger partial charge in [-0.3, -0.25) is 4.90 Å². The summed E-state index contributed by atoms with van der Waals surface area (Å²) in [5, 5.41) is 10.9. The van der Waals surface area contributed by atoms with Crippen LogP contribution in [0.25, 0.3) is 0 Å². The zero-order valence-corrected chi connectivity index (χ0v) is 14.6. The van der Waals surface area contributed by atoms with E-state index in [0.717, 1.165) is 11.3 Å². The van der Waals surface area contributed by atoms with E-state index in [9.17, 15) is 9.50 Å². The number of aromatic nitrogens is 1. The van der Waals surface area contributed by atoms with Crippen LogP contribution in [0.3, 0.4) is 0 Å². The number of aliphatic hydroxyl groups is 1. The third-order valence-electron chi connectivity index (χ3n) is 5.11. The molecule has 0 atom stereocenters. The second-order valence-electron chi connectivity index (χ2n) is 6.67. The molecular formula is C19H21FN2O4. The Morgan fingerprint density at radius 1 is 1.27 bits per heavy atom. The highest BCUT2D eigenvalue weighted by Crippen LogP contribution is 2.39. The summed E-state index contributed by atoms with van der Waals surface area (Å²) in [6.45, 7) is 2.16. The monoisotopic (exact) mass is 360 g/mol. The fourth-order valence-electron chi connectivity index (χ4n) is 3.60. The summed E-state index contributed by atoms with van der Waals surface area (Å²) < 4.78 is 30.3. The van der Waals surface area contributed by atoms with Crippen molar-refractivity contribution in [1.82, 2.24) is 9.88 Å². The maximum absolute atomic E-state index is 14.0. The van der Waals surface area contributed by atoms with Crippen molar-refractivity contribution in [2.75, 3.05) is 27.0 Å². The number of rotatable bonds is 4. The molecule has 4 rings (SSSR count). The van der Waals surface area contributed by atoms with Crippen molar-refractivity contribution in [3.8, 4) is 17.2 Å². The zero-order valence-electron chi connectivity index (χ0n) is 14.6. The molecule has 1 N–H and O–H groups in total. The largest absolute Gasteiger partial charge is 0.496 e. The van der Waals surface area contributed by atoms with Gasteiger partial charge in [-0.2, -0.15) is 4.39 Å². The number of hydrogen-bond donors (Lipinski definition) is 1. The Morgan fingerprint density at radius 3 is 2.69 bits per heavy atom. The van der Waals surface area contributed by atoms with E-state index in [2.05, 4.69) is 9.88 Å². The van der Waals surface area contributed by atoms with Gasteiger partial charge in [0.15, 0.2) is 11.5 Å². The number of ether oxygens (including phenoxy) is 3. The molecule has 0 bridgehead atoms. The number of fused-ring (bicyclic) bond motifs is 1. The summed E-state index contributed by atoms with van der Waals surface area (Å²) in [7, 11) is 1.63. The average molecular weight is 360 g/mol. The van der Waals surface area contributed by atoms with Crippen molar-refractivity contribution in [3.05, 3.63) is 47.5 Å². The van der Waals surface area contributed by atoms with Gasteiger partial charge >= 0.3 is 0 Å². The van der Waals surface area contributed by atoms with Gasteiger partial charge in [0.05, 0.1) is 12.7 Å². The first-order valence-corrected chi connectivity index (χ1v) is 8.61. The number of piperidine rings is 1. The van der Waals surface area contributed by atoms with Gasteiger partial charge in [0.25, 0.3) is 0 Å². The lowest BCUT2D eigenvalue weighted by molar-refractivity contribution is -0.0309. The van der Waals surface area contributed by atoms with E-state index < -0.39 is 11.5 Å². The van der Waals surface area contributed by atoms with Gasteiger partial charge in [0.2, 0.25) is 12.7 Å². The van der Waals surface area contributed by atoms with Gasteiger partial charge in [-0.25, -0.2) is 4.98 Å². The lowest BCUT2D eigenvalue weighted by Crippen LogP contribution is -2.42. The molecule has 2 aromatic rings. The summed E-state index contributed by atoms with van der Waals surface area (Å²) in [4.78, 5) is 5.87. The molecular weight excluding hydrogens is 339 g/mol. The van der Waals surface area contributed by atoms with Gasteiger partial charge in [-0.05, 0) is 25.0 Å². The molecule has 26 heavy (non-hydrogen) atoms. The van der Waals surface area contributed by atoms with Gasteiger partial charge in [-0.15, -0.1) is 0 Å². The van der Waals surface area contributed by atoms with Crippen LogP contribution < -0.4 is 14.2 Å². The molecule has 7 heteroatoms. The molecule has 0 saturated carbocycles. The van der Waals surface area contributed by atoms with E-state index in [1.165, 1.54) is 6.20 Å². The second kappa shape index (κ2) is 6.74. The first kappa shape index (κ1) is 17.1. The molecule has 3 heterocycles. The van der Waals surface area contributed by atoms with Gasteiger partial charge in [0.1, 0.15) is 5.75 Å². The molecule has 0 spiro atoms. The molecule has 2 aliphatic heterocycles. The first-order chi connectivity index (χ1) is 12.6. The molecule has 6 nitrogen and oxygen atoms in total. The minimum Gasteiger partial charge on any atom is -0.496 e. The number of benzene rings is 1. The lowest BCUT2D eigenvalue weighted by Gasteiger charge is -2.38. The highest BCUT2D eigenvalue weighted by molar-refractivity contribution is 5.51. The van der Waals surface area contributed by atoms with Crippen LogP contribution in [0.5, 0.6) is 17.2 Å². The third kappa shape index (κ3) is 3.08. The number of halogens is 1. The molecule has 1 aromatic heterocycles. The number of likely N-dealkylation sites (tertiary alicyclic amines) is 1. The van der Waals surface area contributed by atoms with Crippen LogP contribution in [0, 0.1) is 5.95 Å². The number of nitrogens with zero attached hydrogens (tertiary/aromatic N) is 2. The van der Waals surface area contributed by atoms with Crippen molar-refractivity contribution >= 4 is 0 Å². The number of hydrogen-bond acceptors (Lipinski definition) is 6. The minimum atomic E-state index is -1.17. The van der Waals surface area contributed by atoms with E-state index in [0.29, 0.717) is 44.0 Å². The predicted molar refractivity (Wildman–Crippen MR) is 91.7 cm³/mol. The Kier molecular flexibility index (Phi) is 4.42. The Morgan fingerprint density at radius 2 is 2.00 bits per heavy atom. The van der Waals surface area contributed by atoms with Crippen molar-refractivity contribution in [2.24, 2.45) is 0 Å². The van der Waals surface area contributed by atoms with Crippen molar-refractivity contribution < 1.29 is 23.7 Å². The summed E-state index contributed by atoms with van der Waals surface area (Å²) in [6.07, 6.45) is 2.29. The first-order valence-electron chi connectivity index (χ1n) is 8.61. The average Bonchev–Trinajstić information content (AvgIpc) is 3.10. The van der Waals surface area contributed by atoms with Crippen LogP contribution in [0.4, 0.5) is 4.39 Å². The maximum atomic E-state index is 14.0. The second-order valence-corrected chi connectivity index (χ2v) is 6.67.